The van der Waals surface area contributed by atoms with Crippen LogP contribution in [0.2, 0.25) is 0 Å². The Kier molecular flexibility index (Phi) is 3.40. The van der Waals surface area contributed by atoms with Gasteiger partial charge in [-0.05, 0) is 12.1 Å². The fourth-order valence-electron chi connectivity index (χ4n) is 1.42. The SMILES string of the molecule is N#Cc1ccc(-n2ccc(=O)c(CCl)n2)cc1F. The average Bonchev–Trinajstić information content (AvgIpc) is 2.39. The molecule has 0 fully saturated rings. The summed E-state index contributed by atoms with van der Waals surface area (Å²) >= 11 is 5.58. The van der Waals surface area contributed by atoms with Gasteiger partial charge in [-0.15, -0.1) is 11.6 Å². The van der Waals surface area contributed by atoms with Crippen molar-refractivity contribution < 1.29 is 4.39 Å². The highest BCUT2D eigenvalue weighted by atomic mass is 35.5. The Morgan fingerprint density at radius 2 is 2.22 bits per heavy atom. The zero-order chi connectivity index (χ0) is 13.1. The van der Waals surface area contributed by atoms with Crippen LogP contribution in [0.1, 0.15) is 11.3 Å². The Balaban J connectivity index is 2.53. The molecule has 0 saturated heterocycles. The second-order valence-electron chi connectivity index (χ2n) is 3.48. The molecule has 0 bridgehead atoms. The van der Waals surface area contributed by atoms with Crippen molar-refractivity contribution >= 4 is 11.6 Å². The molecule has 0 saturated carbocycles. The number of halogens is 2. The van der Waals surface area contributed by atoms with E-state index in [0.717, 1.165) is 0 Å². The first kappa shape index (κ1) is 12.3. The molecule has 6 heteroatoms. The van der Waals surface area contributed by atoms with E-state index < -0.39 is 5.82 Å². The van der Waals surface area contributed by atoms with Gasteiger partial charge in [-0.25, -0.2) is 9.07 Å². The van der Waals surface area contributed by atoms with Crippen molar-refractivity contribution in [1.82, 2.24) is 9.78 Å². The molecule has 0 atom stereocenters. The van der Waals surface area contributed by atoms with Crippen LogP contribution in [0.25, 0.3) is 5.69 Å². The minimum absolute atomic E-state index is 0.0154. The van der Waals surface area contributed by atoms with Crippen LogP contribution in [0.15, 0.2) is 35.3 Å². The number of hydrogen-bond acceptors (Lipinski definition) is 3. The molecule has 1 heterocycles. The molecule has 0 spiro atoms. The first-order valence-electron chi connectivity index (χ1n) is 5.00. The van der Waals surface area contributed by atoms with E-state index >= 15 is 0 Å². The quantitative estimate of drug-likeness (QED) is 0.779. The van der Waals surface area contributed by atoms with Crippen LogP contribution in [-0.4, -0.2) is 9.78 Å². The van der Waals surface area contributed by atoms with E-state index in [-0.39, 0.29) is 22.6 Å². The van der Waals surface area contributed by atoms with Gasteiger partial charge in [0.2, 0.25) is 5.43 Å². The maximum atomic E-state index is 13.4. The standard InChI is InChI=1S/C12H7ClFN3O/c13-6-11-12(18)3-4-17(16-11)9-2-1-8(7-15)10(14)5-9/h1-5H,6H2. The minimum atomic E-state index is -0.636. The topological polar surface area (TPSA) is 58.7 Å². The third kappa shape index (κ3) is 2.24. The smallest absolute Gasteiger partial charge is 0.204 e. The molecule has 0 unspecified atom stereocenters. The van der Waals surface area contributed by atoms with Crippen molar-refractivity contribution in [2.24, 2.45) is 0 Å². The third-order valence-electron chi connectivity index (χ3n) is 2.34. The molecule has 90 valence electrons. The summed E-state index contributed by atoms with van der Waals surface area (Å²) in [6, 6.07) is 7.10. The number of rotatable bonds is 2. The summed E-state index contributed by atoms with van der Waals surface area (Å²) in [6.07, 6.45) is 1.42. The highest BCUT2D eigenvalue weighted by Crippen LogP contribution is 2.12. The lowest BCUT2D eigenvalue weighted by Crippen LogP contribution is -2.14. The summed E-state index contributed by atoms with van der Waals surface area (Å²) in [5.41, 5.74) is 0.287. The summed E-state index contributed by atoms with van der Waals surface area (Å²) in [7, 11) is 0. The van der Waals surface area contributed by atoms with Crippen LogP contribution in [0, 0.1) is 17.1 Å². The largest absolute Gasteiger partial charge is 0.288 e. The van der Waals surface area contributed by atoms with Gasteiger partial charge in [0.1, 0.15) is 17.6 Å². The lowest BCUT2D eigenvalue weighted by molar-refractivity contribution is 0.621. The molecule has 2 rings (SSSR count). The lowest BCUT2D eigenvalue weighted by Gasteiger charge is -2.06. The predicted molar refractivity (Wildman–Crippen MR) is 64.1 cm³/mol. The number of benzene rings is 1. The fraction of sp³-hybridized carbons (Fsp3) is 0.0833. The molecule has 1 aromatic carbocycles. The molecule has 0 amide bonds. The molecule has 0 aliphatic carbocycles. The summed E-state index contributed by atoms with van der Waals surface area (Å²) in [5, 5.41) is 12.6. The molecule has 2 aromatic rings. The van der Waals surface area contributed by atoms with Crippen molar-refractivity contribution in [3.63, 3.8) is 0 Å². The predicted octanol–water partition coefficient (Wildman–Crippen LogP) is 1.98. The first-order valence-corrected chi connectivity index (χ1v) is 5.54. The Morgan fingerprint density at radius 1 is 1.44 bits per heavy atom. The molecule has 1 aromatic heterocycles. The molecule has 0 N–H and O–H groups in total. The Labute approximate surface area is 107 Å². The van der Waals surface area contributed by atoms with Crippen LogP contribution in [0.4, 0.5) is 4.39 Å². The number of hydrogen-bond donors (Lipinski definition) is 0. The van der Waals surface area contributed by atoms with Gasteiger partial charge in [0.25, 0.3) is 0 Å². The summed E-state index contributed by atoms with van der Waals surface area (Å²) in [6.45, 7) is 0. The molecular weight excluding hydrogens is 257 g/mol. The van der Waals surface area contributed by atoms with Crippen molar-refractivity contribution in [2.75, 3.05) is 0 Å². The highest BCUT2D eigenvalue weighted by Gasteiger charge is 2.06. The zero-order valence-electron chi connectivity index (χ0n) is 9.10. The van der Waals surface area contributed by atoms with Gasteiger partial charge in [0.05, 0.1) is 17.1 Å². The third-order valence-corrected chi connectivity index (χ3v) is 2.60. The Hall–Kier alpha value is -2.19. The maximum absolute atomic E-state index is 13.4. The molecule has 0 aliphatic heterocycles. The summed E-state index contributed by atoms with van der Waals surface area (Å²) in [4.78, 5) is 11.3. The van der Waals surface area contributed by atoms with Crippen LogP contribution in [-0.2, 0) is 5.88 Å². The number of alkyl halides is 1. The van der Waals surface area contributed by atoms with Gasteiger partial charge >= 0.3 is 0 Å². The molecule has 18 heavy (non-hydrogen) atoms. The molecular formula is C12H7ClFN3O. The van der Waals surface area contributed by atoms with Crippen molar-refractivity contribution in [1.29, 1.82) is 5.26 Å². The van der Waals surface area contributed by atoms with Gasteiger partial charge in [-0.2, -0.15) is 10.4 Å². The Bertz CT molecular complexity index is 690. The minimum Gasteiger partial charge on any atom is -0.288 e. The van der Waals surface area contributed by atoms with Crippen LogP contribution in [0.5, 0.6) is 0 Å². The van der Waals surface area contributed by atoms with Crippen LogP contribution in [0.3, 0.4) is 0 Å². The van der Waals surface area contributed by atoms with E-state index in [1.807, 2.05) is 0 Å². The van der Waals surface area contributed by atoms with E-state index in [9.17, 15) is 9.18 Å². The van der Waals surface area contributed by atoms with Crippen molar-refractivity contribution in [2.45, 2.75) is 5.88 Å². The van der Waals surface area contributed by atoms with Crippen LogP contribution >= 0.6 is 11.6 Å². The second kappa shape index (κ2) is 4.98. The number of nitriles is 1. The lowest BCUT2D eigenvalue weighted by atomic mass is 10.2. The summed E-state index contributed by atoms with van der Waals surface area (Å²) < 4.78 is 14.8. The maximum Gasteiger partial charge on any atom is 0.204 e. The van der Waals surface area contributed by atoms with Crippen LogP contribution < -0.4 is 5.43 Å². The highest BCUT2D eigenvalue weighted by molar-refractivity contribution is 6.16. The number of aromatic nitrogens is 2. The first-order chi connectivity index (χ1) is 8.65. The fourth-order valence-corrected chi connectivity index (χ4v) is 1.61. The second-order valence-corrected chi connectivity index (χ2v) is 3.75. The average molecular weight is 264 g/mol. The monoisotopic (exact) mass is 263 g/mol. The van der Waals surface area contributed by atoms with Gasteiger partial charge < -0.3 is 0 Å². The molecule has 0 aliphatic rings. The van der Waals surface area contributed by atoms with Gasteiger partial charge in [-0.1, -0.05) is 0 Å². The van der Waals surface area contributed by atoms with Gasteiger partial charge in [0, 0.05) is 18.3 Å². The van der Waals surface area contributed by atoms with E-state index in [1.165, 1.54) is 35.1 Å². The van der Waals surface area contributed by atoms with E-state index in [0.29, 0.717) is 5.69 Å². The van der Waals surface area contributed by atoms with E-state index in [2.05, 4.69) is 5.10 Å². The van der Waals surface area contributed by atoms with E-state index in [1.54, 1.807) is 6.07 Å². The van der Waals surface area contributed by atoms with Crippen molar-refractivity contribution in [3.05, 3.63) is 57.8 Å². The van der Waals surface area contributed by atoms with E-state index in [4.69, 9.17) is 16.9 Å². The summed E-state index contributed by atoms with van der Waals surface area (Å²) in [5.74, 6) is -0.652. The zero-order valence-corrected chi connectivity index (χ0v) is 9.86. The van der Waals surface area contributed by atoms with Gasteiger partial charge in [-0.3, -0.25) is 4.79 Å². The van der Waals surface area contributed by atoms with Gasteiger partial charge in [0.15, 0.2) is 0 Å². The Morgan fingerprint density at radius 3 is 2.83 bits per heavy atom. The molecule has 4 nitrogen and oxygen atoms in total. The normalized spacial score (nSPS) is 10.1. The van der Waals surface area contributed by atoms with Crippen molar-refractivity contribution in [3.8, 4) is 11.8 Å². The molecule has 0 radical (unpaired) electrons. The number of nitrogens with zero attached hydrogens (tertiary/aromatic N) is 3.